The average molecular weight is 244 g/mol. The van der Waals surface area contributed by atoms with Gasteiger partial charge >= 0.3 is 5.97 Å². The van der Waals surface area contributed by atoms with Crippen molar-refractivity contribution in [3.05, 3.63) is 11.9 Å². The highest BCUT2D eigenvalue weighted by molar-refractivity contribution is 7.99. The highest BCUT2D eigenvalue weighted by atomic mass is 32.2. The Kier molecular flexibility index (Phi) is 5.34. The smallest absolute Gasteiger partial charge is 0.313 e. The second-order valence-electron chi connectivity index (χ2n) is 3.21. The third kappa shape index (κ3) is 3.86. The molecule has 0 amide bonds. The summed E-state index contributed by atoms with van der Waals surface area (Å²) in [5.74, 6) is -0.799. The number of carbonyl (C=O) groups is 1. The third-order valence-corrected chi connectivity index (χ3v) is 2.98. The maximum absolute atomic E-state index is 10.5. The normalized spacial score (nSPS) is 10.6. The molecule has 5 nitrogen and oxygen atoms in total. The molecule has 1 rings (SSSR count). The molecular formula is C10H16N2O3S. The van der Waals surface area contributed by atoms with E-state index in [1.165, 1.54) is 11.8 Å². The van der Waals surface area contributed by atoms with E-state index in [-0.39, 0.29) is 5.75 Å². The Labute approximate surface area is 98.8 Å². The first kappa shape index (κ1) is 13.1. The van der Waals surface area contributed by atoms with Crippen molar-refractivity contribution in [2.24, 2.45) is 0 Å². The van der Waals surface area contributed by atoms with Gasteiger partial charge in [-0.25, -0.2) is 4.98 Å². The van der Waals surface area contributed by atoms with E-state index in [4.69, 9.17) is 9.84 Å². The number of nitrogens with zero attached hydrogens (tertiary/aromatic N) is 2. The van der Waals surface area contributed by atoms with Crippen molar-refractivity contribution in [2.45, 2.75) is 25.5 Å². The predicted molar refractivity (Wildman–Crippen MR) is 61.8 cm³/mol. The van der Waals surface area contributed by atoms with E-state index in [0.29, 0.717) is 19.8 Å². The fraction of sp³-hybridized carbons (Fsp3) is 0.600. The Hall–Kier alpha value is -1.01. The SMILES string of the molecule is CCOCCn1c(C)cnc1SCC(=O)O. The van der Waals surface area contributed by atoms with Gasteiger partial charge in [0.1, 0.15) is 0 Å². The lowest BCUT2D eigenvalue weighted by Gasteiger charge is -2.08. The maximum Gasteiger partial charge on any atom is 0.313 e. The highest BCUT2D eigenvalue weighted by Gasteiger charge is 2.09. The number of aryl methyl sites for hydroxylation is 1. The van der Waals surface area contributed by atoms with Crippen LogP contribution in [0, 0.1) is 6.92 Å². The summed E-state index contributed by atoms with van der Waals surface area (Å²) in [6, 6.07) is 0. The van der Waals surface area contributed by atoms with Crippen LogP contribution in [-0.2, 0) is 16.1 Å². The summed E-state index contributed by atoms with van der Waals surface area (Å²) in [4.78, 5) is 14.6. The summed E-state index contributed by atoms with van der Waals surface area (Å²) in [6.07, 6.45) is 1.75. The van der Waals surface area contributed by atoms with E-state index in [9.17, 15) is 4.79 Å². The summed E-state index contributed by atoms with van der Waals surface area (Å²) in [6.45, 7) is 5.91. The van der Waals surface area contributed by atoms with Crippen LogP contribution in [0.3, 0.4) is 0 Å². The Balaban J connectivity index is 2.58. The Morgan fingerprint density at radius 3 is 3.06 bits per heavy atom. The summed E-state index contributed by atoms with van der Waals surface area (Å²) in [5, 5.41) is 9.34. The summed E-state index contributed by atoms with van der Waals surface area (Å²) in [7, 11) is 0. The van der Waals surface area contributed by atoms with Gasteiger partial charge in [-0.3, -0.25) is 4.79 Å². The summed E-state index contributed by atoms with van der Waals surface area (Å²) >= 11 is 1.23. The zero-order valence-corrected chi connectivity index (χ0v) is 10.3. The lowest BCUT2D eigenvalue weighted by atomic mass is 10.5. The largest absolute Gasteiger partial charge is 0.481 e. The van der Waals surface area contributed by atoms with Crippen molar-refractivity contribution in [2.75, 3.05) is 19.0 Å². The monoisotopic (exact) mass is 244 g/mol. The molecule has 0 radical (unpaired) electrons. The molecule has 0 aliphatic carbocycles. The van der Waals surface area contributed by atoms with E-state index in [1.54, 1.807) is 6.20 Å². The number of aromatic nitrogens is 2. The van der Waals surface area contributed by atoms with Gasteiger partial charge in [0.15, 0.2) is 5.16 Å². The number of aliphatic carboxylic acids is 1. The molecule has 16 heavy (non-hydrogen) atoms. The molecule has 0 atom stereocenters. The molecule has 1 N–H and O–H groups in total. The zero-order chi connectivity index (χ0) is 12.0. The maximum atomic E-state index is 10.5. The fourth-order valence-electron chi connectivity index (χ4n) is 1.25. The molecule has 0 saturated heterocycles. The Bertz CT molecular complexity index is 352. The van der Waals surface area contributed by atoms with Crippen molar-refractivity contribution in [1.82, 2.24) is 9.55 Å². The molecule has 0 aliphatic heterocycles. The quantitative estimate of drug-likeness (QED) is 0.580. The van der Waals surface area contributed by atoms with Gasteiger partial charge in [-0.1, -0.05) is 11.8 Å². The van der Waals surface area contributed by atoms with Crippen molar-refractivity contribution in [3.8, 4) is 0 Å². The van der Waals surface area contributed by atoms with Crippen LogP contribution in [0.5, 0.6) is 0 Å². The first-order valence-electron chi connectivity index (χ1n) is 5.09. The number of carboxylic acid groups (broad SMARTS) is 1. The van der Waals surface area contributed by atoms with E-state index in [2.05, 4.69) is 4.98 Å². The van der Waals surface area contributed by atoms with E-state index in [1.807, 2.05) is 18.4 Å². The van der Waals surface area contributed by atoms with Gasteiger partial charge in [0.05, 0.1) is 12.4 Å². The molecule has 0 aliphatic rings. The second-order valence-corrected chi connectivity index (χ2v) is 4.16. The number of hydrogen-bond donors (Lipinski definition) is 1. The van der Waals surface area contributed by atoms with Gasteiger partial charge in [-0.15, -0.1) is 0 Å². The van der Waals surface area contributed by atoms with Crippen LogP contribution in [-0.4, -0.2) is 39.6 Å². The number of rotatable bonds is 7. The van der Waals surface area contributed by atoms with Gasteiger partial charge in [0, 0.05) is 25.0 Å². The molecule has 90 valence electrons. The second kappa shape index (κ2) is 6.55. The molecule has 0 bridgehead atoms. The Morgan fingerprint density at radius 1 is 1.69 bits per heavy atom. The third-order valence-electron chi connectivity index (χ3n) is 2.01. The topological polar surface area (TPSA) is 64.4 Å². The van der Waals surface area contributed by atoms with E-state index < -0.39 is 5.97 Å². The minimum absolute atomic E-state index is 0.0328. The zero-order valence-electron chi connectivity index (χ0n) is 9.47. The predicted octanol–water partition coefficient (Wildman–Crippen LogP) is 1.40. The first-order valence-corrected chi connectivity index (χ1v) is 6.08. The van der Waals surface area contributed by atoms with Crippen LogP contribution in [0.15, 0.2) is 11.4 Å². The van der Waals surface area contributed by atoms with Crippen LogP contribution < -0.4 is 0 Å². The lowest BCUT2D eigenvalue weighted by Crippen LogP contribution is -2.09. The molecule has 6 heteroatoms. The van der Waals surface area contributed by atoms with Crippen LogP contribution in [0.25, 0.3) is 0 Å². The molecule has 1 aromatic rings. The number of ether oxygens (including phenoxy) is 1. The molecular weight excluding hydrogens is 228 g/mol. The number of hydrogen-bond acceptors (Lipinski definition) is 4. The van der Waals surface area contributed by atoms with Gasteiger partial charge in [-0.05, 0) is 13.8 Å². The molecule has 1 aromatic heterocycles. The van der Waals surface area contributed by atoms with E-state index in [0.717, 1.165) is 10.9 Å². The standard InChI is InChI=1S/C10H16N2O3S/c1-3-15-5-4-12-8(2)6-11-10(12)16-7-9(13)14/h6H,3-5,7H2,1-2H3,(H,13,14). The average Bonchev–Trinajstić information content (AvgIpc) is 2.58. The molecule has 0 spiro atoms. The van der Waals surface area contributed by atoms with Gasteiger partial charge in [0.25, 0.3) is 0 Å². The van der Waals surface area contributed by atoms with E-state index >= 15 is 0 Å². The van der Waals surface area contributed by atoms with Gasteiger partial charge in [0.2, 0.25) is 0 Å². The van der Waals surface area contributed by atoms with Crippen LogP contribution in [0.4, 0.5) is 0 Å². The van der Waals surface area contributed by atoms with Crippen molar-refractivity contribution in [1.29, 1.82) is 0 Å². The summed E-state index contributed by atoms with van der Waals surface area (Å²) in [5.41, 5.74) is 1.02. The molecule has 0 saturated carbocycles. The van der Waals surface area contributed by atoms with Crippen LogP contribution >= 0.6 is 11.8 Å². The van der Waals surface area contributed by atoms with Crippen LogP contribution in [0.1, 0.15) is 12.6 Å². The minimum Gasteiger partial charge on any atom is -0.481 e. The fourth-order valence-corrected chi connectivity index (χ4v) is 2.02. The van der Waals surface area contributed by atoms with Crippen molar-refractivity contribution in [3.63, 3.8) is 0 Å². The first-order chi connectivity index (χ1) is 7.65. The summed E-state index contributed by atoms with van der Waals surface area (Å²) < 4.78 is 7.24. The molecule has 1 heterocycles. The molecule has 0 fully saturated rings. The molecule has 0 aromatic carbocycles. The van der Waals surface area contributed by atoms with Gasteiger partial charge < -0.3 is 14.4 Å². The number of thioether (sulfide) groups is 1. The molecule has 0 unspecified atom stereocenters. The van der Waals surface area contributed by atoms with Crippen molar-refractivity contribution < 1.29 is 14.6 Å². The van der Waals surface area contributed by atoms with Crippen LogP contribution in [0.2, 0.25) is 0 Å². The number of imidazole rings is 1. The Morgan fingerprint density at radius 2 is 2.44 bits per heavy atom. The van der Waals surface area contributed by atoms with Crippen molar-refractivity contribution >= 4 is 17.7 Å². The highest BCUT2D eigenvalue weighted by Crippen LogP contribution is 2.17. The lowest BCUT2D eigenvalue weighted by molar-refractivity contribution is -0.133. The minimum atomic E-state index is -0.831. The van der Waals surface area contributed by atoms with Gasteiger partial charge in [-0.2, -0.15) is 0 Å². The number of carboxylic acids is 1.